The van der Waals surface area contributed by atoms with Gasteiger partial charge in [-0.2, -0.15) is 13.2 Å². The highest BCUT2D eigenvalue weighted by Gasteiger charge is 2.38. The van der Waals surface area contributed by atoms with E-state index in [1.807, 2.05) is 43.3 Å². The van der Waals surface area contributed by atoms with Crippen LogP contribution in [0.1, 0.15) is 31.2 Å². The number of halogens is 4. The Morgan fingerprint density at radius 3 is 2.14 bits per heavy atom. The molecule has 6 nitrogen and oxygen atoms in total. The van der Waals surface area contributed by atoms with Crippen LogP contribution in [0.15, 0.2) is 24.3 Å². The monoisotopic (exact) mass is 422 g/mol. The van der Waals surface area contributed by atoms with E-state index in [4.69, 9.17) is 15.0 Å². The first-order valence-corrected chi connectivity index (χ1v) is 9.03. The number of hydrogen-bond acceptors (Lipinski definition) is 4. The Labute approximate surface area is 166 Å². The Morgan fingerprint density at radius 2 is 1.69 bits per heavy atom. The Bertz CT molecular complexity index is 687. The van der Waals surface area contributed by atoms with Gasteiger partial charge in [0.2, 0.25) is 0 Å². The smallest absolute Gasteiger partial charge is 0.481 e. The molecule has 1 aromatic carbocycles. The van der Waals surface area contributed by atoms with E-state index in [1.165, 1.54) is 0 Å². The standard InChI is InChI=1S/C17H25FN2O2.C2HF3O2/c1-20(2)15-6-4-3-5-14(15)11-19-12-17(18)9-7-13(8-10-17)16(21)22;3-2(4,5)1(6)7/h3-6,13,19H,7-12H2,1-2H3,(H,21,22);(H,6,7). The molecule has 0 radical (unpaired) electrons. The summed E-state index contributed by atoms with van der Waals surface area (Å²) in [4.78, 5) is 21.9. The van der Waals surface area contributed by atoms with Crippen molar-refractivity contribution in [2.24, 2.45) is 5.92 Å². The van der Waals surface area contributed by atoms with Crippen molar-refractivity contribution in [3.05, 3.63) is 29.8 Å². The van der Waals surface area contributed by atoms with E-state index in [-0.39, 0.29) is 12.5 Å². The van der Waals surface area contributed by atoms with Crippen LogP contribution in [0.2, 0.25) is 0 Å². The summed E-state index contributed by atoms with van der Waals surface area (Å²) in [6.07, 6.45) is -3.57. The normalized spacial score (nSPS) is 21.7. The van der Waals surface area contributed by atoms with Crippen LogP contribution in [-0.4, -0.2) is 54.6 Å². The molecule has 1 aliphatic rings. The molecule has 2 rings (SSSR count). The Balaban J connectivity index is 0.000000516. The number of aliphatic carboxylic acids is 2. The van der Waals surface area contributed by atoms with E-state index < -0.39 is 23.8 Å². The van der Waals surface area contributed by atoms with Gasteiger partial charge in [0.25, 0.3) is 0 Å². The van der Waals surface area contributed by atoms with Crippen LogP contribution >= 0.6 is 0 Å². The van der Waals surface area contributed by atoms with Crippen molar-refractivity contribution in [2.45, 2.75) is 44.1 Å². The summed E-state index contributed by atoms with van der Waals surface area (Å²) in [5, 5.41) is 19.3. The van der Waals surface area contributed by atoms with Gasteiger partial charge in [-0.1, -0.05) is 18.2 Å². The minimum atomic E-state index is -5.08. The lowest BCUT2D eigenvalue weighted by Gasteiger charge is -2.32. The molecule has 0 unspecified atom stereocenters. The number of carbonyl (C=O) groups is 2. The molecule has 0 bridgehead atoms. The summed E-state index contributed by atoms with van der Waals surface area (Å²) in [5.41, 5.74) is 0.978. The van der Waals surface area contributed by atoms with Crippen molar-refractivity contribution in [2.75, 3.05) is 25.5 Å². The van der Waals surface area contributed by atoms with E-state index in [0.29, 0.717) is 32.2 Å². The first kappa shape index (κ1) is 24.7. The van der Waals surface area contributed by atoms with Crippen molar-refractivity contribution in [1.82, 2.24) is 5.32 Å². The summed E-state index contributed by atoms with van der Waals surface area (Å²) in [7, 11) is 3.98. The first-order valence-electron chi connectivity index (χ1n) is 9.03. The molecule has 1 saturated carbocycles. The molecular weight excluding hydrogens is 396 g/mol. The maximum absolute atomic E-state index is 14.7. The van der Waals surface area contributed by atoms with E-state index in [2.05, 4.69) is 5.32 Å². The van der Waals surface area contributed by atoms with Crippen LogP contribution in [0, 0.1) is 5.92 Å². The van der Waals surface area contributed by atoms with Crippen LogP contribution < -0.4 is 10.2 Å². The number of hydrogen-bond donors (Lipinski definition) is 3. The second kappa shape index (κ2) is 10.4. The van der Waals surface area contributed by atoms with Gasteiger partial charge < -0.3 is 20.4 Å². The number of nitrogens with one attached hydrogen (secondary N) is 1. The lowest BCUT2D eigenvalue weighted by atomic mass is 9.80. The van der Waals surface area contributed by atoms with Crippen molar-refractivity contribution in [3.8, 4) is 0 Å². The summed E-state index contributed by atoms with van der Waals surface area (Å²) < 4.78 is 46.4. The van der Waals surface area contributed by atoms with Crippen LogP contribution in [0.4, 0.5) is 23.2 Å². The highest BCUT2D eigenvalue weighted by atomic mass is 19.4. The topological polar surface area (TPSA) is 89.9 Å². The second-order valence-electron chi connectivity index (χ2n) is 7.19. The zero-order valence-corrected chi connectivity index (χ0v) is 16.3. The molecule has 0 saturated heterocycles. The molecular formula is C19H26F4N2O4. The minimum absolute atomic E-state index is 0.279. The first-order chi connectivity index (χ1) is 13.4. The van der Waals surface area contributed by atoms with Gasteiger partial charge in [-0.3, -0.25) is 4.79 Å². The van der Waals surface area contributed by atoms with Crippen molar-refractivity contribution >= 4 is 17.6 Å². The number of carboxylic acids is 2. The number of carboxylic acid groups (broad SMARTS) is 2. The van der Waals surface area contributed by atoms with Crippen LogP contribution in [-0.2, 0) is 16.1 Å². The minimum Gasteiger partial charge on any atom is -0.481 e. The summed E-state index contributed by atoms with van der Waals surface area (Å²) in [5.74, 6) is -3.93. The molecule has 0 amide bonds. The van der Waals surface area contributed by atoms with Gasteiger partial charge in [-0.05, 0) is 37.3 Å². The van der Waals surface area contributed by atoms with Crippen LogP contribution in [0.25, 0.3) is 0 Å². The molecule has 0 atom stereocenters. The summed E-state index contributed by atoms with van der Waals surface area (Å²) in [6.45, 7) is 0.892. The number of anilines is 1. The van der Waals surface area contributed by atoms with Gasteiger partial charge in [0.1, 0.15) is 5.67 Å². The number of rotatable bonds is 6. The summed E-state index contributed by atoms with van der Waals surface area (Å²) in [6, 6.07) is 8.05. The molecule has 0 spiro atoms. The molecule has 0 aliphatic heterocycles. The Hall–Kier alpha value is -2.36. The molecule has 1 aromatic rings. The van der Waals surface area contributed by atoms with Gasteiger partial charge in [0.15, 0.2) is 0 Å². The third kappa shape index (κ3) is 8.26. The van der Waals surface area contributed by atoms with E-state index in [0.717, 1.165) is 11.3 Å². The second-order valence-corrected chi connectivity index (χ2v) is 7.19. The van der Waals surface area contributed by atoms with Crippen molar-refractivity contribution in [1.29, 1.82) is 0 Å². The van der Waals surface area contributed by atoms with Crippen molar-refractivity contribution < 1.29 is 37.4 Å². The number of alkyl halides is 4. The fourth-order valence-corrected chi connectivity index (χ4v) is 3.08. The Kier molecular flexibility index (Phi) is 8.87. The third-order valence-electron chi connectivity index (χ3n) is 4.70. The summed E-state index contributed by atoms with van der Waals surface area (Å²) >= 11 is 0. The number of para-hydroxylation sites is 1. The molecule has 0 heterocycles. The predicted molar refractivity (Wildman–Crippen MR) is 99.6 cm³/mol. The van der Waals surface area contributed by atoms with Gasteiger partial charge in [0.05, 0.1) is 5.92 Å². The molecule has 3 N–H and O–H groups in total. The molecule has 29 heavy (non-hydrogen) atoms. The quantitative estimate of drug-likeness (QED) is 0.609. The Morgan fingerprint density at radius 1 is 1.17 bits per heavy atom. The van der Waals surface area contributed by atoms with E-state index >= 15 is 0 Å². The average molecular weight is 422 g/mol. The van der Waals surface area contributed by atoms with Crippen LogP contribution in [0.3, 0.4) is 0 Å². The fraction of sp³-hybridized carbons (Fsp3) is 0.579. The maximum atomic E-state index is 14.7. The number of nitrogens with zero attached hydrogens (tertiary/aromatic N) is 1. The maximum Gasteiger partial charge on any atom is 0.490 e. The third-order valence-corrected chi connectivity index (χ3v) is 4.70. The highest BCUT2D eigenvalue weighted by molar-refractivity contribution is 5.73. The SMILES string of the molecule is CN(C)c1ccccc1CNCC1(F)CCC(C(=O)O)CC1.O=C(O)C(F)(F)F. The van der Waals surface area contributed by atoms with Crippen LogP contribution in [0.5, 0.6) is 0 Å². The molecule has 10 heteroatoms. The van der Waals surface area contributed by atoms with Gasteiger partial charge in [-0.25, -0.2) is 9.18 Å². The highest BCUT2D eigenvalue weighted by Crippen LogP contribution is 2.35. The zero-order chi connectivity index (χ0) is 22.2. The van der Waals surface area contributed by atoms with Gasteiger partial charge >= 0.3 is 18.1 Å². The van der Waals surface area contributed by atoms with E-state index in [1.54, 1.807) is 0 Å². The average Bonchev–Trinajstić information content (AvgIpc) is 2.62. The largest absolute Gasteiger partial charge is 0.490 e. The van der Waals surface area contributed by atoms with Gasteiger partial charge in [-0.15, -0.1) is 0 Å². The molecule has 1 fully saturated rings. The molecule has 1 aliphatic carbocycles. The van der Waals surface area contributed by atoms with E-state index in [9.17, 15) is 22.4 Å². The zero-order valence-electron chi connectivity index (χ0n) is 16.3. The molecule has 0 aromatic heterocycles. The fourth-order valence-electron chi connectivity index (χ4n) is 3.08. The van der Waals surface area contributed by atoms with Crippen molar-refractivity contribution in [3.63, 3.8) is 0 Å². The lowest BCUT2D eigenvalue weighted by Crippen LogP contribution is -2.41. The lowest BCUT2D eigenvalue weighted by molar-refractivity contribution is -0.192. The van der Waals surface area contributed by atoms with Gasteiger partial charge in [0, 0.05) is 32.9 Å². The predicted octanol–water partition coefficient (Wildman–Crippen LogP) is 3.46. The number of benzene rings is 1. The molecule has 164 valence electrons.